The molecule has 4 nitrogen and oxygen atoms in total. The van der Waals surface area contributed by atoms with Crippen molar-refractivity contribution in [3.05, 3.63) is 33.0 Å². The molecule has 3 aromatic rings. The number of rotatable bonds is 4. The zero-order chi connectivity index (χ0) is 14.8. The number of anilines is 1. The Bertz CT molecular complexity index is 784. The number of aryl methyl sites for hydroxylation is 1. The second kappa shape index (κ2) is 6.23. The van der Waals surface area contributed by atoms with Crippen LogP contribution in [-0.4, -0.2) is 21.5 Å². The minimum atomic E-state index is 0.731. The van der Waals surface area contributed by atoms with Crippen LogP contribution in [0.5, 0.6) is 0 Å². The summed E-state index contributed by atoms with van der Waals surface area (Å²) in [5.41, 5.74) is 2.98. The molecule has 0 saturated heterocycles. The van der Waals surface area contributed by atoms with Crippen LogP contribution in [0.1, 0.15) is 19.0 Å². The Hall–Kier alpha value is -1.28. The Labute approximate surface area is 141 Å². The number of nitrogens with one attached hydrogen (secondary N) is 1. The van der Waals surface area contributed by atoms with Crippen LogP contribution in [0.25, 0.3) is 21.6 Å². The number of hydrogen-bond acceptors (Lipinski definition) is 5. The lowest BCUT2D eigenvalue weighted by Crippen LogP contribution is -2.07. The van der Waals surface area contributed by atoms with E-state index in [2.05, 4.69) is 61.2 Å². The van der Waals surface area contributed by atoms with E-state index in [0.717, 1.165) is 49.7 Å². The summed E-state index contributed by atoms with van der Waals surface area (Å²) in [7, 11) is 0. The van der Waals surface area contributed by atoms with Crippen LogP contribution < -0.4 is 5.32 Å². The molecule has 6 heteroatoms. The smallest absolute Gasteiger partial charge is 0.163 e. The molecular formula is C15H15IN4S. The van der Waals surface area contributed by atoms with Crippen molar-refractivity contribution in [2.45, 2.75) is 20.3 Å². The molecule has 0 aliphatic carbocycles. The summed E-state index contributed by atoms with van der Waals surface area (Å²) < 4.78 is 2.24. The van der Waals surface area contributed by atoms with Gasteiger partial charge in [0.1, 0.15) is 5.82 Å². The first-order chi connectivity index (χ1) is 10.2. The van der Waals surface area contributed by atoms with Gasteiger partial charge in [0.05, 0.1) is 19.5 Å². The molecule has 0 bridgehead atoms. The molecule has 0 aromatic carbocycles. The topological polar surface area (TPSA) is 50.7 Å². The van der Waals surface area contributed by atoms with Gasteiger partial charge < -0.3 is 5.32 Å². The van der Waals surface area contributed by atoms with Crippen molar-refractivity contribution in [2.75, 3.05) is 11.9 Å². The van der Waals surface area contributed by atoms with Gasteiger partial charge in [-0.15, -0.1) is 11.3 Å². The number of pyridine rings is 1. The molecule has 0 unspecified atom stereocenters. The molecule has 0 aliphatic rings. The monoisotopic (exact) mass is 410 g/mol. The van der Waals surface area contributed by atoms with Crippen LogP contribution >= 0.6 is 33.9 Å². The van der Waals surface area contributed by atoms with E-state index >= 15 is 0 Å². The molecule has 0 radical (unpaired) electrons. The molecule has 21 heavy (non-hydrogen) atoms. The molecule has 3 rings (SSSR count). The Morgan fingerprint density at radius 3 is 3.00 bits per heavy atom. The molecule has 0 fully saturated rings. The molecule has 0 spiro atoms. The number of nitrogens with zero attached hydrogens (tertiary/aromatic N) is 3. The summed E-state index contributed by atoms with van der Waals surface area (Å²) in [6, 6.07) is 4.14. The normalized spacial score (nSPS) is 11.0. The highest BCUT2D eigenvalue weighted by Gasteiger charge is 2.11. The van der Waals surface area contributed by atoms with E-state index in [0.29, 0.717) is 0 Å². The molecule has 0 saturated carbocycles. The van der Waals surface area contributed by atoms with E-state index in [-0.39, 0.29) is 0 Å². The van der Waals surface area contributed by atoms with Crippen molar-refractivity contribution in [1.82, 2.24) is 15.0 Å². The fourth-order valence-corrected chi connectivity index (χ4v) is 3.23. The molecular weight excluding hydrogens is 395 g/mol. The summed E-state index contributed by atoms with van der Waals surface area (Å²) >= 11 is 3.98. The fraction of sp³-hybridized carbons (Fsp3) is 0.267. The summed E-state index contributed by atoms with van der Waals surface area (Å²) in [4.78, 5) is 13.7. The van der Waals surface area contributed by atoms with Crippen LogP contribution in [-0.2, 0) is 0 Å². The highest BCUT2D eigenvalue weighted by atomic mass is 127. The maximum absolute atomic E-state index is 4.67. The summed E-state index contributed by atoms with van der Waals surface area (Å²) in [5, 5.41) is 5.42. The molecule has 108 valence electrons. The number of halogens is 1. The van der Waals surface area contributed by atoms with Crippen molar-refractivity contribution in [2.24, 2.45) is 0 Å². The molecule has 1 N–H and O–H groups in total. The Balaban J connectivity index is 2.06. The Morgan fingerprint density at radius 1 is 1.33 bits per heavy atom. The van der Waals surface area contributed by atoms with E-state index in [1.165, 1.54) is 0 Å². The first kappa shape index (κ1) is 14.6. The van der Waals surface area contributed by atoms with E-state index < -0.39 is 0 Å². The highest BCUT2D eigenvalue weighted by Crippen LogP contribution is 2.27. The molecule has 3 aromatic heterocycles. The minimum Gasteiger partial charge on any atom is -0.369 e. The summed E-state index contributed by atoms with van der Waals surface area (Å²) in [6.07, 6.45) is 2.91. The van der Waals surface area contributed by atoms with Gasteiger partial charge in [0.25, 0.3) is 0 Å². The quantitative estimate of drug-likeness (QED) is 0.644. The van der Waals surface area contributed by atoms with Gasteiger partial charge in [-0.2, -0.15) is 0 Å². The average molecular weight is 410 g/mol. The van der Waals surface area contributed by atoms with Gasteiger partial charge in [-0.3, -0.25) is 4.98 Å². The van der Waals surface area contributed by atoms with Crippen molar-refractivity contribution in [1.29, 1.82) is 0 Å². The number of aromatic nitrogens is 3. The predicted molar refractivity (Wildman–Crippen MR) is 96.9 cm³/mol. The van der Waals surface area contributed by atoms with Gasteiger partial charge in [-0.25, -0.2) is 9.97 Å². The number of fused-ring (bicyclic) bond motifs is 1. The molecule has 3 heterocycles. The van der Waals surface area contributed by atoms with Crippen molar-refractivity contribution < 1.29 is 0 Å². The first-order valence-electron chi connectivity index (χ1n) is 6.80. The van der Waals surface area contributed by atoms with Gasteiger partial charge >= 0.3 is 0 Å². The van der Waals surface area contributed by atoms with Crippen molar-refractivity contribution in [3.8, 4) is 11.4 Å². The van der Waals surface area contributed by atoms with Crippen LogP contribution in [0, 0.1) is 10.5 Å². The summed E-state index contributed by atoms with van der Waals surface area (Å²) in [6.45, 7) is 5.07. The maximum Gasteiger partial charge on any atom is 0.163 e. The predicted octanol–water partition coefficient (Wildman–Crippen LogP) is 4.49. The third-order valence-corrected chi connectivity index (χ3v) is 5.26. The Kier molecular flexibility index (Phi) is 4.34. The van der Waals surface area contributed by atoms with Crippen LogP contribution in [0.2, 0.25) is 0 Å². The third-order valence-electron chi connectivity index (χ3n) is 3.12. The van der Waals surface area contributed by atoms with E-state index in [4.69, 9.17) is 0 Å². The number of thiophene rings is 1. The van der Waals surface area contributed by atoms with Crippen LogP contribution in [0.3, 0.4) is 0 Å². The fourth-order valence-electron chi connectivity index (χ4n) is 2.02. The SMILES string of the molecule is CCCNc1nc(-c2cnc3ccsc3c2)nc(C)c1I. The van der Waals surface area contributed by atoms with Gasteiger partial charge in [-0.1, -0.05) is 6.92 Å². The first-order valence-corrected chi connectivity index (χ1v) is 8.76. The molecule has 0 atom stereocenters. The second-order valence-corrected chi connectivity index (χ2v) is 6.78. The Morgan fingerprint density at radius 2 is 2.19 bits per heavy atom. The van der Waals surface area contributed by atoms with Crippen LogP contribution in [0.15, 0.2) is 23.7 Å². The second-order valence-electron chi connectivity index (χ2n) is 4.75. The van der Waals surface area contributed by atoms with E-state index in [1.54, 1.807) is 11.3 Å². The van der Waals surface area contributed by atoms with Gasteiger partial charge in [-0.05, 0) is 53.4 Å². The van der Waals surface area contributed by atoms with Crippen molar-refractivity contribution >= 4 is 50.0 Å². The minimum absolute atomic E-state index is 0.731. The van der Waals surface area contributed by atoms with Crippen LogP contribution in [0.4, 0.5) is 5.82 Å². The maximum atomic E-state index is 4.67. The van der Waals surface area contributed by atoms with E-state index in [9.17, 15) is 0 Å². The summed E-state index contributed by atoms with van der Waals surface area (Å²) in [5.74, 6) is 1.64. The standard InChI is InChI=1S/C15H15IN4S/c1-3-5-17-15-13(16)9(2)19-14(20-15)10-7-12-11(18-8-10)4-6-21-12/h4,6-8H,3,5H2,1-2H3,(H,17,19,20). The highest BCUT2D eigenvalue weighted by molar-refractivity contribution is 14.1. The van der Waals surface area contributed by atoms with Gasteiger partial charge in [0, 0.05) is 18.3 Å². The lowest BCUT2D eigenvalue weighted by molar-refractivity contribution is 0.958. The lowest BCUT2D eigenvalue weighted by Gasteiger charge is -2.10. The van der Waals surface area contributed by atoms with Gasteiger partial charge in [0.15, 0.2) is 5.82 Å². The zero-order valence-electron chi connectivity index (χ0n) is 11.9. The lowest BCUT2D eigenvalue weighted by atomic mass is 10.2. The third kappa shape index (κ3) is 3.01. The van der Waals surface area contributed by atoms with Crippen molar-refractivity contribution in [3.63, 3.8) is 0 Å². The molecule has 0 aliphatic heterocycles. The largest absolute Gasteiger partial charge is 0.369 e. The molecule has 0 amide bonds. The van der Waals surface area contributed by atoms with E-state index in [1.807, 2.05) is 19.2 Å². The number of hydrogen-bond donors (Lipinski definition) is 1. The van der Waals surface area contributed by atoms with Gasteiger partial charge in [0.2, 0.25) is 0 Å². The average Bonchev–Trinajstić information content (AvgIpc) is 2.96. The zero-order valence-corrected chi connectivity index (χ0v) is 14.8.